The largest absolute Gasteiger partial charge is 0.467 e. The molecule has 1 fully saturated rings. The molecule has 1 aromatic heterocycles. The SMILES string of the molecule is COC(=O)C1CN(c2ncccc2[N+](=O)[O-])CCO1. The van der Waals surface area contributed by atoms with Crippen molar-refractivity contribution in [2.24, 2.45) is 0 Å². The van der Waals surface area contributed by atoms with Crippen LogP contribution in [0.25, 0.3) is 0 Å². The first-order chi connectivity index (χ1) is 9.13. The fourth-order valence-corrected chi connectivity index (χ4v) is 1.89. The van der Waals surface area contributed by atoms with E-state index in [9.17, 15) is 14.9 Å². The van der Waals surface area contributed by atoms with Gasteiger partial charge in [0, 0.05) is 18.8 Å². The smallest absolute Gasteiger partial charge is 0.336 e. The number of hydrogen-bond acceptors (Lipinski definition) is 7. The molecule has 1 aliphatic heterocycles. The van der Waals surface area contributed by atoms with Crippen LogP contribution >= 0.6 is 0 Å². The van der Waals surface area contributed by atoms with Crippen LogP contribution in [-0.4, -0.2) is 48.8 Å². The highest BCUT2D eigenvalue weighted by molar-refractivity contribution is 5.76. The second-order valence-corrected chi connectivity index (χ2v) is 3.93. The lowest BCUT2D eigenvalue weighted by Crippen LogP contribution is -2.47. The molecule has 102 valence electrons. The summed E-state index contributed by atoms with van der Waals surface area (Å²) >= 11 is 0. The van der Waals surface area contributed by atoms with Crippen molar-refractivity contribution in [2.75, 3.05) is 31.7 Å². The summed E-state index contributed by atoms with van der Waals surface area (Å²) < 4.78 is 9.88. The van der Waals surface area contributed by atoms with Gasteiger partial charge in [-0.25, -0.2) is 9.78 Å². The van der Waals surface area contributed by atoms with Gasteiger partial charge in [-0.05, 0) is 6.07 Å². The number of carbonyl (C=O) groups is 1. The van der Waals surface area contributed by atoms with Crippen molar-refractivity contribution in [3.63, 3.8) is 0 Å². The monoisotopic (exact) mass is 267 g/mol. The normalized spacial score (nSPS) is 19.0. The maximum atomic E-state index is 11.4. The summed E-state index contributed by atoms with van der Waals surface area (Å²) in [6.07, 6.45) is 0.727. The molecule has 2 heterocycles. The number of pyridine rings is 1. The van der Waals surface area contributed by atoms with Gasteiger partial charge in [0.25, 0.3) is 0 Å². The molecule has 1 aliphatic rings. The second-order valence-electron chi connectivity index (χ2n) is 3.93. The lowest BCUT2D eigenvalue weighted by atomic mass is 10.2. The van der Waals surface area contributed by atoms with Crippen LogP contribution in [0.3, 0.4) is 0 Å². The van der Waals surface area contributed by atoms with Gasteiger partial charge in [-0.2, -0.15) is 0 Å². The van der Waals surface area contributed by atoms with Crippen molar-refractivity contribution in [1.82, 2.24) is 4.98 Å². The van der Waals surface area contributed by atoms with Crippen molar-refractivity contribution in [1.29, 1.82) is 0 Å². The number of ether oxygens (including phenoxy) is 2. The van der Waals surface area contributed by atoms with E-state index in [1.165, 1.54) is 25.4 Å². The highest BCUT2D eigenvalue weighted by atomic mass is 16.6. The van der Waals surface area contributed by atoms with E-state index < -0.39 is 17.0 Å². The first kappa shape index (κ1) is 13.2. The average Bonchev–Trinajstić information content (AvgIpc) is 2.46. The Balaban J connectivity index is 2.22. The number of hydrogen-bond donors (Lipinski definition) is 0. The van der Waals surface area contributed by atoms with Crippen LogP contribution in [0.5, 0.6) is 0 Å². The maximum Gasteiger partial charge on any atom is 0.336 e. The van der Waals surface area contributed by atoms with Crippen molar-refractivity contribution in [3.05, 3.63) is 28.4 Å². The van der Waals surface area contributed by atoms with Gasteiger partial charge in [-0.15, -0.1) is 0 Å². The molecule has 0 amide bonds. The summed E-state index contributed by atoms with van der Waals surface area (Å²) in [4.78, 5) is 27.6. The van der Waals surface area contributed by atoms with Gasteiger partial charge < -0.3 is 14.4 Å². The average molecular weight is 267 g/mol. The Labute approximate surface area is 109 Å². The third-order valence-electron chi connectivity index (χ3n) is 2.79. The van der Waals surface area contributed by atoms with Crippen LogP contribution in [0.2, 0.25) is 0 Å². The Morgan fingerprint density at radius 1 is 1.68 bits per heavy atom. The number of methoxy groups -OCH3 is 1. The Bertz CT molecular complexity index is 493. The van der Waals surface area contributed by atoms with E-state index >= 15 is 0 Å². The summed E-state index contributed by atoms with van der Waals surface area (Å²) in [5.74, 6) is -0.256. The molecule has 2 rings (SSSR count). The molecule has 8 nitrogen and oxygen atoms in total. The molecule has 1 saturated heterocycles. The van der Waals surface area contributed by atoms with E-state index in [4.69, 9.17) is 4.74 Å². The van der Waals surface area contributed by atoms with Gasteiger partial charge in [0.1, 0.15) is 0 Å². The Morgan fingerprint density at radius 3 is 3.16 bits per heavy atom. The van der Waals surface area contributed by atoms with Crippen molar-refractivity contribution in [3.8, 4) is 0 Å². The minimum absolute atomic E-state index is 0.0898. The summed E-state index contributed by atoms with van der Waals surface area (Å²) in [7, 11) is 1.27. The van der Waals surface area contributed by atoms with Crippen LogP contribution in [0.4, 0.5) is 11.5 Å². The lowest BCUT2D eigenvalue weighted by Gasteiger charge is -2.31. The third-order valence-corrected chi connectivity index (χ3v) is 2.79. The van der Waals surface area contributed by atoms with E-state index in [1.807, 2.05) is 0 Å². The van der Waals surface area contributed by atoms with Gasteiger partial charge in [-0.1, -0.05) is 0 Å². The highest BCUT2D eigenvalue weighted by Crippen LogP contribution is 2.26. The molecule has 1 unspecified atom stereocenters. The van der Waals surface area contributed by atoms with Crippen molar-refractivity contribution >= 4 is 17.5 Å². The number of anilines is 1. The standard InChI is InChI=1S/C11H13N3O5/c1-18-11(15)9-7-13(5-6-19-9)10-8(14(16)17)3-2-4-12-10/h2-4,9H,5-7H2,1H3. The first-order valence-electron chi connectivity index (χ1n) is 5.67. The fourth-order valence-electron chi connectivity index (χ4n) is 1.89. The first-order valence-corrected chi connectivity index (χ1v) is 5.67. The number of nitrogens with zero attached hydrogens (tertiary/aromatic N) is 3. The van der Waals surface area contributed by atoms with E-state index in [2.05, 4.69) is 9.72 Å². The molecule has 19 heavy (non-hydrogen) atoms. The minimum atomic E-state index is -0.750. The van der Waals surface area contributed by atoms with E-state index in [0.29, 0.717) is 6.54 Å². The number of aromatic nitrogens is 1. The maximum absolute atomic E-state index is 11.4. The molecule has 0 saturated carbocycles. The van der Waals surface area contributed by atoms with Gasteiger partial charge in [0.05, 0.1) is 25.2 Å². The summed E-state index contributed by atoms with van der Waals surface area (Å²) in [6.45, 7) is 0.906. The predicted octanol–water partition coefficient (Wildman–Crippen LogP) is 0.368. The van der Waals surface area contributed by atoms with Crippen LogP contribution in [-0.2, 0) is 14.3 Å². The number of morpholine rings is 1. The number of carbonyl (C=O) groups excluding carboxylic acids is 1. The predicted molar refractivity (Wildman–Crippen MR) is 64.9 cm³/mol. The Hall–Kier alpha value is -2.22. The Morgan fingerprint density at radius 2 is 2.47 bits per heavy atom. The van der Waals surface area contributed by atoms with Gasteiger partial charge in [0.15, 0.2) is 6.10 Å². The summed E-state index contributed by atoms with van der Waals surface area (Å²) in [5.41, 5.74) is -0.0898. The number of nitro groups is 1. The molecule has 0 aromatic carbocycles. The molecule has 0 spiro atoms. The molecule has 1 aromatic rings. The van der Waals surface area contributed by atoms with Crippen molar-refractivity contribution in [2.45, 2.75) is 6.10 Å². The molecule has 1 atom stereocenters. The van der Waals surface area contributed by atoms with E-state index in [1.54, 1.807) is 4.90 Å². The molecule has 0 aliphatic carbocycles. The minimum Gasteiger partial charge on any atom is -0.467 e. The number of rotatable bonds is 3. The van der Waals surface area contributed by atoms with Crippen LogP contribution < -0.4 is 4.90 Å². The zero-order valence-corrected chi connectivity index (χ0v) is 10.3. The highest BCUT2D eigenvalue weighted by Gasteiger charge is 2.31. The van der Waals surface area contributed by atoms with E-state index in [-0.39, 0.29) is 24.7 Å². The third kappa shape index (κ3) is 2.79. The number of esters is 1. The molecular weight excluding hydrogens is 254 g/mol. The van der Waals surface area contributed by atoms with Crippen LogP contribution in [0, 0.1) is 10.1 Å². The summed E-state index contributed by atoms with van der Waals surface area (Å²) in [6, 6.07) is 2.88. The zero-order chi connectivity index (χ0) is 13.8. The van der Waals surface area contributed by atoms with Gasteiger partial charge in [0.2, 0.25) is 5.82 Å². The topological polar surface area (TPSA) is 94.8 Å². The van der Waals surface area contributed by atoms with Crippen molar-refractivity contribution < 1.29 is 19.2 Å². The lowest BCUT2D eigenvalue weighted by molar-refractivity contribution is -0.384. The van der Waals surface area contributed by atoms with Gasteiger partial charge >= 0.3 is 11.7 Å². The van der Waals surface area contributed by atoms with Crippen LogP contribution in [0.1, 0.15) is 0 Å². The van der Waals surface area contributed by atoms with Gasteiger partial charge in [-0.3, -0.25) is 10.1 Å². The molecule has 0 bridgehead atoms. The summed E-state index contributed by atoms with van der Waals surface area (Å²) in [5, 5.41) is 11.0. The second kappa shape index (κ2) is 5.61. The fraction of sp³-hybridized carbons (Fsp3) is 0.455. The zero-order valence-electron chi connectivity index (χ0n) is 10.3. The molecule has 0 N–H and O–H groups in total. The Kier molecular flexibility index (Phi) is 3.91. The molecule has 0 radical (unpaired) electrons. The van der Waals surface area contributed by atoms with Crippen LogP contribution in [0.15, 0.2) is 18.3 Å². The quantitative estimate of drug-likeness (QED) is 0.443. The molecular formula is C11H13N3O5. The van der Waals surface area contributed by atoms with E-state index in [0.717, 1.165) is 0 Å². The molecule has 8 heteroatoms.